The lowest BCUT2D eigenvalue weighted by atomic mass is 9.96. The van der Waals surface area contributed by atoms with Gasteiger partial charge in [0, 0.05) is 25.0 Å². The summed E-state index contributed by atoms with van der Waals surface area (Å²) in [5, 5.41) is 3.06. The molecule has 0 spiro atoms. The molecule has 0 aromatic carbocycles. The van der Waals surface area contributed by atoms with Gasteiger partial charge in [-0.2, -0.15) is 0 Å². The lowest BCUT2D eigenvalue weighted by Gasteiger charge is -2.31. The second-order valence-corrected chi connectivity index (χ2v) is 5.09. The molecule has 0 unspecified atom stereocenters. The van der Waals surface area contributed by atoms with Crippen molar-refractivity contribution in [2.45, 2.75) is 44.6 Å². The third kappa shape index (κ3) is 3.11. The van der Waals surface area contributed by atoms with Crippen LogP contribution in [0.25, 0.3) is 0 Å². The predicted octanol–water partition coefficient (Wildman–Crippen LogP) is 0.836. The molecule has 1 saturated heterocycles. The number of rotatable bonds is 2. The van der Waals surface area contributed by atoms with Crippen molar-refractivity contribution >= 4 is 11.9 Å². The van der Waals surface area contributed by atoms with Gasteiger partial charge in [0.25, 0.3) is 0 Å². The number of nitrogens with two attached hydrogens (primary N) is 1. The molecular weight excluding hydrogens is 218 g/mol. The van der Waals surface area contributed by atoms with Crippen LogP contribution in [-0.4, -0.2) is 36.0 Å². The van der Waals surface area contributed by atoms with Crippen molar-refractivity contribution in [2.24, 2.45) is 11.7 Å². The largest absolute Gasteiger partial charge is 0.369 e. The Balaban J connectivity index is 1.75. The van der Waals surface area contributed by atoms with Crippen LogP contribution in [0.2, 0.25) is 0 Å². The summed E-state index contributed by atoms with van der Waals surface area (Å²) in [5.41, 5.74) is 5.26. The van der Waals surface area contributed by atoms with Gasteiger partial charge in [-0.05, 0) is 25.7 Å². The van der Waals surface area contributed by atoms with Crippen molar-refractivity contribution < 1.29 is 9.59 Å². The second-order valence-electron chi connectivity index (χ2n) is 5.09. The molecule has 3 N–H and O–H groups in total. The first-order valence-corrected chi connectivity index (χ1v) is 6.51. The number of hydrogen-bond donors (Lipinski definition) is 2. The van der Waals surface area contributed by atoms with E-state index < -0.39 is 0 Å². The molecule has 1 aliphatic heterocycles. The van der Waals surface area contributed by atoms with E-state index in [4.69, 9.17) is 5.73 Å². The number of likely N-dealkylation sites (tertiary alicyclic amines) is 1. The number of carbonyl (C=O) groups is 2. The average Bonchev–Trinajstić information content (AvgIpc) is 2.82. The van der Waals surface area contributed by atoms with E-state index in [0.717, 1.165) is 12.8 Å². The van der Waals surface area contributed by atoms with E-state index in [0.29, 0.717) is 32.0 Å². The van der Waals surface area contributed by atoms with Crippen molar-refractivity contribution in [1.29, 1.82) is 0 Å². The second kappa shape index (κ2) is 5.38. The van der Waals surface area contributed by atoms with E-state index in [2.05, 4.69) is 5.32 Å². The third-order valence-corrected chi connectivity index (χ3v) is 3.87. The van der Waals surface area contributed by atoms with E-state index in [1.807, 2.05) is 0 Å². The molecule has 0 radical (unpaired) electrons. The summed E-state index contributed by atoms with van der Waals surface area (Å²) >= 11 is 0. The summed E-state index contributed by atoms with van der Waals surface area (Å²) in [6.07, 6.45) is 6.04. The van der Waals surface area contributed by atoms with Gasteiger partial charge in [0.1, 0.15) is 0 Å². The Morgan fingerprint density at radius 3 is 2.18 bits per heavy atom. The van der Waals surface area contributed by atoms with E-state index in [9.17, 15) is 9.59 Å². The standard InChI is InChI=1S/C12H21N3O2/c13-11(16)9-5-7-15(8-6-9)12(17)14-10-3-1-2-4-10/h9-10H,1-8H2,(H2,13,16)(H,14,17). The van der Waals surface area contributed by atoms with Gasteiger partial charge in [-0.15, -0.1) is 0 Å². The lowest BCUT2D eigenvalue weighted by molar-refractivity contribution is -0.123. The lowest BCUT2D eigenvalue weighted by Crippen LogP contribution is -2.48. The van der Waals surface area contributed by atoms with Crippen molar-refractivity contribution in [3.63, 3.8) is 0 Å². The van der Waals surface area contributed by atoms with Gasteiger partial charge in [0.05, 0.1) is 0 Å². The Morgan fingerprint density at radius 1 is 1.06 bits per heavy atom. The monoisotopic (exact) mass is 239 g/mol. The quantitative estimate of drug-likeness (QED) is 0.749. The molecule has 0 atom stereocenters. The highest BCUT2D eigenvalue weighted by molar-refractivity contribution is 5.78. The fourth-order valence-electron chi connectivity index (χ4n) is 2.70. The zero-order valence-electron chi connectivity index (χ0n) is 10.2. The van der Waals surface area contributed by atoms with E-state index >= 15 is 0 Å². The number of amides is 3. The molecule has 1 saturated carbocycles. The highest BCUT2D eigenvalue weighted by atomic mass is 16.2. The minimum Gasteiger partial charge on any atom is -0.369 e. The van der Waals surface area contributed by atoms with Crippen LogP contribution in [0, 0.1) is 5.92 Å². The van der Waals surface area contributed by atoms with Crippen LogP contribution in [0.5, 0.6) is 0 Å². The van der Waals surface area contributed by atoms with Gasteiger partial charge < -0.3 is 16.0 Å². The van der Waals surface area contributed by atoms with E-state index in [-0.39, 0.29) is 17.9 Å². The Morgan fingerprint density at radius 2 is 1.65 bits per heavy atom. The fourth-order valence-corrected chi connectivity index (χ4v) is 2.70. The molecule has 1 aliphatic carbocycles. The Kier molecular flexibility index (Phi) is 3.86. The normalized spacial score (nSPS) is 22.7. The van der Waals surface area contributed by atoms with Crippen LogP contribution in [0.1, 0.15) is 38.5 Å². The van der Waals surface area contributed by atoms with Crippen LogP contribution < -0.4 is 11.1 Å². The molecule has 2 aliphatic rings. The molecule has 3 amide bonds. The number of piperidine rings is 1. The third-order valence-electron chi connectivity index (χ3n) is 3.87. The SMILES string of the molecule is NC(=O)C1CCN(C(=O)NC2CCCC2)CC1. The van der Waals surface area contributed by atoms with Gasteiger partial charge in [-0.3, -0.25) is 4.79 Å². The maximum Gasteiger partial charge on any atom is 0.317 e. The maximum atomic E-state index is 11.9. The van der Waals surface area contributed by atoms with E-state index in [1.54, 1.807) is 4.90 Å². The summed E-state index contributed by atoms with van der Waals surface area (Å²) in [4.78, 5) is 24.7. The Hall–Kier alpha value is -1.26. The highest BCUT2D eigenvalue weighted by Crippen LogP contribution is 2.20. The van der Waals surface area contributed by atoms with Crippen molar-refractivity contribution in [2.75, 3.05) is 13.1 Å². The molecule has 0 aromatic heterocycles. The van der Waals surface area contributed by atoms with Gasteiger partial charge >= 0.3 is 6.03 Å². The Labute approximate surface area is 102 Å². The number of nitrogens with one attached hydrogen (secondary N) is 1. The summed E-state index contributed by atoms with van der Waals surface area (Å²) in [5.74, 6) is -0.286. The molecule has 1 heterocycles. The molecule has 0 bridgehead atoms. The first kappa shape index (κ1) is 12.2. The molecule has 5 nitrogen and oxygen atoms in total. The number of urea groups is 1. The first-order chi connectivity index (χ1) is 8.16. The summed E-state index contributed by atoms with van der Waals surface area (Å²) < 4.78 is 0. The van der Waals surface area contributed by atoms with Crippen molar-refractivity contribution in [3.05, 3.63) is 0 Å². The van der Waals surface area contributed by atoms with Crippen LogP contribution in [0.3, 0.4) is 0 Å². The van der Waals surface area contributed by atoms with Crippen LogP contribution in [-0.2, 0) is 4.79 Å². The van der Waals surface area contributed by atoms with E-state index in [1.165, 1.54) is 12.8 Å². The van der Waals surface area contributed by atoms with Gasteiger partial charge in [-0.1, -0.05) is 12.8 Å². The number of carbonyl (C=O) groups excluding carboxylic acids is 2. The van der Waals surface area contributed by atoms with Crippen LogP contribution in [0.15, 0.2) is 0 Å². The highest BCUT2D eigenvalue weighted by Gasteiger charge is 2.27. The zero-order chi connectivity index (χ0) is 12.3. The maximum absolute atomic E-state index is 11.9. The number of hydrogen-bond acceptors (Lipinski definition) is 2. The summed E-state index contributed by atoms with van der Waals surface area (Å²) in [6.45, 7) is 1.29. The topological polar surface area (TPSA) is 75.4 Å². The Bertz CT molecular complexity index is 292. The van der Waals surface area contributed by atoms with Crippen molar-refractivity contribution in [3.8, 4) is 0 Å². The zero-order valence-corrected chi connectivity index (χ0v) is 10.2. The molecule has 0 aromatic rings. The van der Waals surface area contributed by atoms with Gasteiger partial charge in [0.2, 0.25) is 5.91 Å². The molecule has 96 valence electrons. The van der Waals surface area contributed by atoms with Crippen LogP contribution >= 0.6 is 0 Å². The summed E-state index contributed by atoms with van der Waals surface area (Å²) in [6, 6.07) is 0.385. The van der Waals surface area contributed by atoms with Gasteiger partial charge in [0.15, 0.2) is 0 Å². The van der Waals surface area contributed by atoms with Crippen molar-refractivity contribution in [1.82, 2.24) is 10.2 Å². The van der Waals surface area contributed by atoms with Crippen LogP contribution in [0.4, 0.5) is 4.79 Å². The predicted molar refractivity (Wildman–Crippen MR) is 64.3 cm³/mol. The first-order valence-electron chi connectivity index (χ1n) is 6.51. The van der Waals surface area contributed by atoms with Gasteiger partial charge in [-0.25, -0.2) is 4.79 Å². The minimum atomic E-state index is -0.235. The molecule has 17 heavy (non-hydrogen) atoms. The molecule has 5 heteroatoms. The number of primary amides is 1. The minimum absolute atomic E-state index is 0.0276. The molecular formula is C12H21N3O2. The average molecular weight is 239 g/mol. The molecule has 2 fully saturated rings. The fraction of sp³-hybridized carbons (Fsp3) is 0.833. The molecule has 2 rings (SSSR count). The summed E-state index contributed by atoms with van der Waals surface area (Å²) in [7, 11) is 0. The smallest absolute Gasteiger partial charge is 0.317 e. The number of nitrogens with zero attached hydrogens (tertiary/aromatic N) is 1.